The molecule has 2 heterocycles. The molecule has 6 heteroatoms. The van der Waals surface area contributed by atoms with E-state index >= 15 is 0 Å². The van der Waals surface area contributed by atoms with Gasteiger partial charge in [0, 0.05) is 40.2 Å². The Balaban J connectivity index is 1.37. The monoisotopic (exact) mass is 526 g/mol. The highest BCUT2D eigenvalue weighted by Crippen LogP contribution is 2.37. The number of nitrogens with zero attached hydrogens (tertiary/aromatic N) is 1. The highest BCUT2D eigenvalue weighted by Gasteiger charge is 2.34. The first kappa shape index (κ1) is 26.8. The molecule has 0 radical (unpaired) electrons. The Hall–Kier alpha value is -3.80. The van der Waals surface area contributed by atoms with Crippen LogP contribution in [0.25, 0.3) is 10.9 Å². The van der Waals surface area contributed by atoms with Gasteiger partial charge in [-0.1, -0.05) is 50.3 Å². The molecule has 1 aliphatic carbocycles. The summed E-state index contributed by atoms with van der Waals surface area (Å²) in [5.41, 5.74) is 6.03. The molecule has 204 valence electrons. The highest BCUT2D eigenvalue weighted by atomic mass is 16.5. The minimum atomic E-state index is -0.936. The Morgan fingerprint density at radius 2 is 1.85 bits per heavy atom. The normalized spacial score (nSPS) is 18.9. The van der Waals surface area contributed by atoms with Crippen LogP contribution in [0.5, 0.6) is 0 Å². The third-order valence-corrected chi connectivity index (χ3v) is 8.65. The summed E-state index contributed by atoms with van der Waals surface area (Å²) in [5.74, 6) is 0.956. The molecule has 1 amide bonds. The van der Waals surface area contributed by atoms with Crippen LogP contribution in [-0.2, 0) is 21.5 Å². The van der Waals surface area contributed by atoms with E-state index in [9.17, 15) is 14.7 Å². The second kappa shape index (κ2) is 10.1. The molecule has 1 aromatic heterocycles. The van der Waals surface area contributed by atoms with Crippen molar-refractivity contribution in [1.29, 1.82) is 0 Å². The second-order valence-electron chi connectivity index (χ2n) is 11.8. The fourth-order valence-corrected chi connectivity index (χ4v) is 5.75. The van der Waals surface area contributed by atoms with Crippen molar-refractivity contribution in [2.24, 2.45) is 11.8 Å². The smallest absolute Gasteiger partial charge is 0.313 e. The molecule has 6 nitrogen and oxygen atoms in total. The van der Waals surface area contributed by atoms with Gasteiger partial charge in [0.1, 0.15) is 12.4 Å². The van der Waals surface area contributed by atoms with Crippen molar-refractivity contribution in [3.8, 4) is 0 Å². The summed E-state index contributed by atoms with van der Waals surface area (Å²) in [6.07, 6.45) is 5.28. The number of aliphatic carboxylic acids is 1. The molecular formula is C33H38N2O4. The Morgan fingerprint density at radius 3 is 2.51 bits per heavy atom. The molecule has 0 saturated heterocycles. The number of amides is 1. The molecule has 0 saturated carbocycles. The average molecular weight is 527 g/mol. The van der Waals surface area contributed by atoms with Crippen LogP contribution >= 0.6 is 0 Å². The van der Waals surface area contributed by atoms with Crippen molar-refractivity contribution < 1.29 is 19.4 Å². The van der Waals surface area contributed by atoms with Gasteiger partial charge in [0.25, 0.3) is 5.91 Å². The maximum Gasteiger partial charge on any atom is 0.313 e. The van der Waals surface area contributed by atoms with Crippen molar-refractivity contribution in [2.75, 3.05) is 6.61 Å². The number of carboxylic acids is 1. The summed E-state index contributed by atoms with van der Waals surface area (Å²) in [6, 6.07) is 13.6. The third kappa shape index (κ3) is 4.77. The van der Waals surface area contributed by atoms with E-state index in [1.807, 2.05) is 42.5 Å². The first-order valence-electron chi connectivity index (χ1n) is 13.8. The largest absolute Gasteiger partial charge is 0.495 e. The first-order chi connectivity index (χ1) is 18.5. The number of fused-ring (bicyclic) bond motifs is 1. The van der Waals surface area contributed by atoms with Gasteiger partial charge >= 0.3 is 5.97 Å². The molecule has 2 aromatic carbocycles. The number of ether oxygens (including phenoxy) is 1. The van der Waals surface area contributed by atoms with E-state index in [1.54, 1.807) is 13.8 Å². The SMILES string of the molecule is Cc1c(C)n(Cc2ccc(C(C)(C)C(=O)O)cc2)c2ccc(C(=O)N[C@H]3COC4=C3C=CCC4C(C)C)cc12. The molecule has 1 unspecified atom stereocenters. The molecule has 0 bridgehead atoms. The number of aromatic nitrogens is 1. The quantitative estimate of drug-likeness (QED) is 0.380. The van der Waals surface area contributed by atoms with Crippen LogP contribution in [-0.4, -0.2) is 34.2 Å². The Labute approximate surface area is 230 Å². The van der Waals surface area contributed by atoms with Crippen LogP contribution in [0.3, 0.4) is 0 Å². The van der Waals surface area contributed by atoms with Crippen molar-refractivity contribution in [1.82, 2.24) is 9.88 Å². The summed E-state index contributed by atoms with van der Waals surface area (Å²) < 4.78 is 8.32. The van der Waals surface area contributed by atoms with E-state index in [4.69, 9.17) is 4.74 Å². The minimum Gasteiger partial charge on any atom is -0.495 e. The number of carbonyl (C=O) groups is 2. The standard InChI is InChI=1S/C33H38N2O4/c1-19(2)25-8-7-9-26-28(18-39-30(25)26)34-31(36)23-12-15-29-27(16-23)20(3)21(4)35(29)17-22-10-13-24(14-11-22)33(5,6)32(37)38/h7,9-16,19,25,28H,8,17-18H2,1-6H3,(H,34,36)(H,37,38)/t25?,28-/m0/s1. The van der Waals surface area contributed by atoms with Crippen LogP contribution in [0.2, 0.25) is 0 Å². The van der Waals surface area contributed by atoms with Crippen molar-refractivity contribution in [2.45, 2.75) is 66.0 Å². The van der Waals surface area contributed by atoms with E-state index in [-0.39, 0.29) is 11.9 Å². The molecule has 2 N–H and O–H groups in total. The Bertz CT molecular complexity index is 1500. The second-order valence-corrected chi connectivity index (χ2v) is 11.8. The van der Waals surface area contributed by atoms with Crippen LogP contribution in [0.15, 0.2) is 65.9 Å². The Morgan fingerprint density at radius 1 is 1.13 bits per heavy atom. The van der Waals surface area contributed by atoms with Gasteiger partial charge in [-0.15, -0.1) is 0 Å². The van der Waals surface area contributed by atoms with Gasteiger partial charge in [-0.3, -0.25) is 9.59 Å². The molecule has 0 fully saturated rings. The number of carboxylic acid groups (broad SMARTS) is 1. The molecule has 2 aliphatic rings. The average Bonchev–Trinajstić information content (AvgIpc) is 3.42. The van der Waals surface area contributed by atoms with Crippen molar-refractivity contribution >= 4 is 22.8 Å². The molecule has 1 aliphatic heterocycles. The van der Waals surface area contributed by atoms with Crippen LogP contribution in [0.1, 0.15) is 66.9 Å². The summed E-state index contributed by atoms with van der Waals surface area (Å²) in [5, 5.41) is 13.8. The van der Waals surface area contributed by atoms with Crippen LogP contribution in [0.4, 0.5) is 0 Å². The number of carbonyl (C=O) groups excluding carboxylic acids is 1. The number of hydrogen-bond donors (Lipinski definition) is 2. The minimum absolute atomic E-state index is 0.0965. The predicted molar refractivity (Wildman–Crippen MR) is 154 cm³/mol. The topological polar surface area (TPSA) is 80.6 Å². The van der Waals surface area contributed by atoms with E-state index in [1.165, 1.54) is 0 Å². The van der Waals surface area contributed by atoms with E-state index in [0.717, 1.165) is 51.0 Å². The van der Waals surface area contributed by atoms with E-state index in [0.29, 0.717) is 30.6 Å². The fourth-order valence-electron chi connectivity index (χ4n) is 5.75. The number of allylic oxidation sites excluding steroid dienone is 2. The zero-order valence-electron chi connectivity index (χ0n) is 23.7. The number of rotatable bonds is 7. The third-order valence-electron chi connectivity index (χ3n) is 8.65. The van der Waals surface area contributed by atoms with Gasteiger partial charge < -0.3 is 19.7 Å². The summed E-state index contributed by atoms with van der Waals surface area (Å²) >= 11 is 0. The zero-order valence-corrected chi connectivity index (χ0v) is 23.7. The van der Waals surface area contributed by atoms with Gasteiger partial charge in [-0.05, 0) is 74.9 Å². The molecule has 2 atom stereocenters. The highest BCUT2D eigenvalue weighted by molar-refractivity contribution is 5.99. The van der Waals surface area contributed by atoms with E-state index in [2.05, 4.69) is 49.7 Å². The predicted octanol–water partition coefficient (Wildman–Crippen LogP) is 6.28. The lowest BCUT2D eigenvalue weighted by atomic mass is 9.84. The summed E-state index contributed by atoms with van der Waals surface area (Å²) in [7, 11) is 0. The van der Waals surface area contributed by atoms with Crippen LogP contribution in [0, 0.1) is 25.7 Å². The lowest BCUT2D eigenvalue weighted by Gasteiger charge is -2.24. The molecular weight excluding hydrogens is 488 g/mol. The molecule has 39 heavy (non-hydrogen) atoms. The molecule has 5 rings (SSSR count). The van der Waals surface area contributed by atoms with Gasteiger partial charge in [0.05, 0.1) is 11.5 Å². The van der Waals surface area contributed by atoms with Crippen molar-refractivity contribution in [3.05, 3.63) is 93.9 Å². The number of hydrogen-bond acceptors (Lipinski definition) is 3. The number of aryl methyl sites for hydroxylation is 1. The van der Waals surface area contributed by atoms with Crippen LogP contribution < -0.4 is 5.32 Å². The van der Waals surface area contributed by atoms with Gasteiger partial charge in [-0.25, -0.2) is 0 Å². The fraction of sp³-hybridized carbons (Fsp3) is 0.394. The maximum absolute atomic E-state index is 13.3. The lowest BCUT2D eigenvalue weighted by Crippen LogP contribution is -2.37. The molecule has 0 spiro atoms. The number of nitrogens with one attached hydrogen (secondary N) is 1. The first-order valence-corrected chi connectivity index (χ1v) is 13.8. The maximum atomic E-state index is 13.3. The summed E-state index contributed by atoms with van der Waals surface area (Å²) in [6.45, 7) is 13.2. The lowest BCUT2D eigenvalue weighted by molar-refractivity contribution is -0.142. The molecule has 3 aromatic rings. The summed E-state index contributed by atoms with van der Waals surface area (Å²) in [4.78, 5) is 24.9. The number of benzene rings is 2. The van der Waals surface area contributed by atoms with Crippen molar-refractivity contribution in [3.63, 3.8) is 0 Å². The van der Waals surface area contributed by atoms with Gasteiger partial charge in [0.15, 0.2) is 0 Å². The van der Waals surface area contributed by atoms with Gasteiger partial charge in [0.2, 0.25) is 0 Å². The Kier molecular flexibility index (Phi) is 6.91. The van der Waals surface area contributed by atoms with E-state index < -0.39 is 11.4 Å². The zero-order chi connectivity index (χ0) is 28.1. The van der Waals surface area contributed by atoms with Gasteiger partial charge in [-0.2, -0.15) is 0 Å².